The molecule has 2 aliphatic rings. The fourth-order valence-electron chi connectivity index (χ4n) is 4.55. The highest BCUT2D eigenvalue weighted by atomic mass is 16.3. The van der Waals surface area contributed by atoms with Crippen LogP contribution in [0.2, 0.25) is 0 Å². The Labute approximate surface area is 185 Å². The molecule has 0 bridgehead atoms. The predicted octanol–water partition coefficient (Wildman–Crippen LogP) is 5.04. The molecule has 160 valence electrons. The largest absolute Gasteiger partial charge is 0.467 e. The second-order valence-corrected chi connectivity index (χ2v) is 8.03. The fourth-order valence-corrected chi connectivity index (χ4v) is 4.55. The summed E-state index contributed by atoms with van der Waals surface area (Å²) in [7, 11) is 0. The van der Waals surface area contributed by atoms with Crippen LogP contribution >= 0.6 is 0 Å². The summed E-state index contributed by atoms with van der Waals surface area (Å²) in [4.78, 5) is 40.5. The molecule has 1 aliphatic carbocycles. The number of allylic oxidation sites excluding steroid dienone is 1. The average Bonchev–Trinajstić information content (AvgIpc) is 3.28. The summed E-state index contributed by atoms with van der Waals surface area (Å²) < 4.78 is 5.68. The zero-order valence-electron chi connectivity index (χ0n) is 17.6. The predicted molar refractivity (Wildman–Crippen MR) is 120 cm³/mol. The lowest BCUT2D eigenvalue weighted by Gasteiger charge is -2.31. The molecule has 0 saturated carbocycles. The van der Waals surface area contributed by atoms with Crippen LogP contribution in [0.1, 0.15) is 53.9 Å². The molecule has 6 nitrogen and oxygen atoms in total. The van der Waals surface area contributed by atoms with Crippen molar-refractivity contribution in [3.05, 3.63) is 95.1 Å². The van der Waals surface area contributed by atoms with Crippen molar-refractivity contribution >= 4 is 28.8 Å². The summed E-state index contributed by atoms with van der Waals surface area (Å²) in [5.74, 6) is 0.205. The van der Waals surface area contributed by atoms with Crippen molar-refractivity contribution in [2.24, 2.45) is 0 Å². The van der Waals surface area contributed by atoms with Crippen LogP contribution < -0.4 is 10.2 Å². The van der Waals surface area contributed by atoms with Crippen molar-refractivity contribution in [2.75, 3.05) is 10.2 Å². The van der Waals surface area contributed by atoms with E-state index in [2.05, 4.69) is 5.32 Å². The van der Waals surface area contributed by atoms with Gasteiger partial charge < -0.3 is 9.73 Å². The number of Topliss-reactive ketones (excluding diaryl/α,β-unsaturated/α-hetero) is 1. The van der Waals surface area contributed by atoms with E-state index in [1.807, 2.05) is 18.2 Å². The first-order chi connectivity index (χ1) is 15.5. The van der Waals surface area contributed by atoms with Crippen molar-refractivity contribution in [1.82, 2.24) is 0 Å². The van der Waals surface area contributed by atoms with Crippen LogP contribution in [0, 0.1) is 0 Å². The molecular weight excluding hydrogens is 404 g/mol. The lowest BCUT2D eigenvalue weighted by Crippen LogP contribution is -2.36. The van der Waals surface area contributed by atoms with Gasteiger partial charge in [0, 0.05) is 35.7 Å². The number of ketones is 2. The Morgan fingerprint density at radius 3 is 2.53 bits per heavy atom. The van der Waals surface area contributed by atoms with E-state index in [1.165, 1.54) is 6.92 Å². The van der Waals surface area contributed by atoms with Gasteiger partial charge in [0.05, 0.1) is 17.6 Å². The lowest BCUT2D eigenvalue weighted by atomic mass is 9.88. The Kier molecular flexibility index (Phi) is 4.98. The normalized spacial score (nSPS) is 17.8. The number of hydrogen-bond acceptors (Lipinski definition) is 5. The third kappa shape index (κ3) is 3.34. The van der Waals surface area contributed by atoms with Crippen molar-refractivity contribution in [3.8, 4) is 0 Å². The molecule has 0 saturated heterocycles. The quantitative estimate of drug-likeness (QED) is 0.594. The molecule has 32 heavy (non-hydrogen) atoms. The summed E-state index contributed by atoms with van der Waals surface area (Å²) >= 11 is 0. The number of fused-ring (bicyclic) bond motifs is 1. The van der Waals surface area contributed by atoms with Gasteiger partial charge in [-0.25, -0.2) is 0 Å². The van der Waals surface area contributed by atoms with Gasteiger partial charge in [-0.15, -0.1) is 0 Å². The van der Waals surface area contributed by atoms with Gasteiger partial charge in [-0.1, -0.05) is 30.3 Å². The first kappa shape index (κ1) is 20.0. The van der Waals surface area contributed by atoms with Crippen LogP contribution in [0.4, 0.5) is 11.4 Å². The van der Waals surface area contributed by atoms with E-state index in [9.17, 15) is 14.4 Å². The van der Waals surface area contributed by atoms with E-state index in [4.69, 9.17) is 4.42 Å². The molecule has 0 fully saturated rings. The Bertz CT molecular complexity index is 1240. The van der Waals surface area contributed by atoms with Gasteiger partial charge in [-0.2, -0.15) is 0 Å². The SMILES string of the molecule is CC(=O)N1c2ccc(C(=O)c3ccccc3)cc2NC2=C(C(=O)CCC2)[C@H]1c1ccco1. The van der Waals surface area contributed by atoms with E-state index < -0.39 is 6.04 Å². The smallest absolute Gasteiger partial charge is 0.224 e. The second kappa shape index (κ2) is 7.96. The minimum atomic E-state index is -0.658. The van der Waals surface area contributed by atoms with Gasteiger partial charge >= 0.3 is 0 Å². The minimum Gasteiger partial charge on any atom is -0.467 e. The Hall–Kier alpha value is -3.93. The van der Waals surface area contributed by atoms with Crippen molar-refractivity contribution in [3.63, 3.8) is 0 Å². The van der Waals surface area contributed by atoms with Crippen molar-refractivity contribution < 1.29 is 18.8 Å². The highest BCUT2D eigenvalue weighted by molar-refractivity contribution is 6.11. The van der Waals surface area contributed by atoms with Crippen LogP contribution in [0.3, 0.4) is 0 Å². The molecule has 1 amide bonds. The minimum absolute atomic E-state index is 0.000193. The summed E-state index contributed by atoms with van der Waals surface area (Å²) in [5.41, 5.74) is 3.65. The highest BCUT2D eigenvalue weighted by Crippen LogP contribution is 2.45. The number of anilines is 2. The third-order valence-electron chi connectivity index (χ3n) is 5.98. The zero-order valence-corrected chi connectivity index (χ0v) is 17.6. The molecule has 2 heterocycles. The molecular formula is C26H22N2O4. The van der Waals surface area contributed by atoms with E-state index in [1.54, 1.807) is 53.6 Å². The van der Waals surface area contributed by atoms with Crippen molar-refractivity contribution in [1.29, 1.82) is 0 Å². The molecule has 1 atom stereocenters. The Balaban J connectivity index is 1.68. The lowest BCUT2D eigenvalue weighted by molar-refractivity contribution is -0.117. The molecule has 5 rings (SSSR count). The molecule has 3 aromatic rings. The summed E-state index contributed by atoms with van der Waals surface area (Å²) in [6.07, 6.45) is 3.38. The maximum Gasteiger partial charge on any atom is 0.224 e. The topological polar surface area (TPSA) is 79.6 Å². The average molecular weight is 426 g/mol. The number of amides is 1. The maximum absolute atomic E-state index is 13.0. The molecule has 1 N–H and O–H groups in total. The van der Waals surface area contributed by atoms with E-state index in [-0.39, 0.29) is 17.5 Å². The summed E-state index contributed by atoms with van der Waals surface area (Å²) in [5, 5.41) is 3.39. The third-order valence-corrected chi connectivity index (χ3v) is 5.98. The molecule has 1 aliphatic heterocycles. The van der Waals surface area contributed by atoms with Gasteiger partial charge in [0.25, 0.3) is 0 Å². The van der Waals surface area contributed by atoms with E-state index in [0.29, 0.717) is 46.7 Å². The van der Waals surface area contributed by atoms with Crippen molar-refractivity contribution in [2.45, 2.75) is 32.2 Å². The number of carbonyl (C=O) groups excluding carboxylic acids is 3. The number of benzene rings is 2. The van der Waals surface area contributed by atoms with Crippen LogP contribution in [-0.2, 0) is 9.59 Å². The van der Waals surface area contributed by atoms with Crippen LogP contribution in [0.25, 0.3) is 0 Å². The molecule has 6 heteroatoms. The standard InChI is InChI=1S/C26H22N2O4/c1-16(29)28-21-13-12-18(26(31)17-7-3-2-4-8-17)15-20(21)27-19-9-5-10-22(30)24(19)25(28)23-11-6-14-32-23/h2-4,6-8,11-15,25,27H,5,9-10H2,1H3/t25-/m1/s1. The summed E-state index contributed by atoms with van der Waals surface area (Å²) in [6.45, 7) is 1.47. The van der Waals surface area contributed by atoms with Gasteiger partial charge in [-0.05, 0) is 43.2 Å². The number of carbonyl (C=O) groups is 3. The second-order valence-electron chi connectivity index (χ2n) is 8.03. The number of hydrogen-bond donors (Lipinski definition) is 1. The first-order valence-corrected chi connectivity index (χ1v) is 10.6. The fraction of sp³-hybridized carbons (Fsp3) is 0.192. The van der Waals surface area contributed by atoms with Crippen LogP contribution in [-0.4, -0.2) is 17.5 Å². The van der Waals surface area contributed by atoms with Gasteiger partial charge in [-0.3, -0.25) is 19.3 Å². The highest BCUT2D eigenvalue weighted by Gasteiger charge is 2.40. The van der Waals surface area contributed by atoms with E-state index >= 15 is 0 Å². The maximum atomic E-state index is 13.0. The molecule has 0 radical (unpaired) electrons. The molecule has 0 unspecified atom stereocenters. The number of nitrogens with one attached hydrogen (secondary N) is 1. The van der Waals surface area contributed by atoms with Gasteiger partial charge in [0.2, 0.25) is 5.91 Å². The number of furan rings is 1. The Morgan fingerprint density at radius 1 is 1.00 bits per heavy atom. The molecule has 1 aromatic heterocycles. The summed E-state index contributed by atoms with van der Waals surface area (Å²) in [6, 6.07) is 17.2. The Morgan fingerprint density at radius 2 is 1.81 bits per heavy atom. The zero-order chi connectivity index (χ0) is 22.2. The van der Waals surface area contributed by atoms with E-state index in [0.717, 1.165) is 12.1 Å². The van der Waals surface area contributed by atoms with Crippen LogP contribution in [0.15, 0.2) is 82.6 Å². The van der Waals surface area contributed by atoms with Gasteiger partial charge in [0.1, 0.15) is 11.8 Å². The monoisotopic (exact) mass is 426 g/mol. The van der Waals surface area contributed by atoms with Gasteiger partial charge in [0.15, 0.2) is 11.6 Å². The number of nitrogens with zero attached hydrogens (tertiary/aromatic N) is 1. The first-order valence-electron chi connectivity index (χ1n) is 10.6. The number of rotatable bonds is 3. The molecule has 2 aromatic carbocycles. The van der Waals surface area contributed by atoms with Crippen LogP contribution in [0.5, 0.6) is 0 Å². The molecule has 0 spiro atoms.